The van der Waals surface area contributed by atoms with Crippen LogP contribution in [0.2, 0.25) is 0 Å². The molecular formula is C8H10F3NO2. The van der Waals surface area contributed by atoms with Gasteiger partial charge in [-0.15, -0.1) is 0 Å². The first-order chi connectivity index (χ1) is 6.32. The summed E-state index contributed by atoms with van der Waals surface area (Å²) in [6.45, 7) is 3.05. The molecule has 1 rings (SSSR count). The minimum atomic E-state index is -4.60. The van der Waals surface area contributed by atoms with E-state index in [1.807, 2.05) is 0 Å². The van der Waals surface area contributed by atoms with Gasteiger partial charge in [0.2, 0.25) is 0 Å². The highest BCUT2D eigenvalue weighted by molar-refractivity contribution is 5.21. The molecule has 1 unspecified atom stereocenters. The van der Waals surface area contributed by atoms with Gasteiger partial charge in [0, 0.05) is 12.0 Å². The number of halogens is 3. The van der Waals surface area contributed by atoms with Crippen LogP contribution in [0.4, 0.5) is 13.2 Å². The second-order valence-electron chi connectivity index (χ2n) is 3.06. The van der Waals surface area contributed by atoms with Gasteiger partial charge < -0.3 is 9.63 Å². The SMILES string of the molecule is Cc1noc(C)c1CC(O)C(F)(F)F. The fourth-order valence-corrected chi connectivity index (χ4v) is 1.10. The molecule has 1 aromatic rings. The molecule has 3 nitrogen and oxygen atoms in total. The van der Waals surface area contributed by atoms with Crippen molar-refractivity contribution in [3.05, 3.63) is 17.0 Å². The Morgan fingerprint density at radius 2 is 2.00 bits per heavy atom. The van der Waals surface area contributed by atoms with E-state index in [2.05, 4.69) is 9.68 Å². The van der Waals surface area contributed by atoms with Gasteiger partial charge in [0.1, 0.15) is 5.76 Å². The molecule has 0 aliphatic heterocycles. The molecule has 14 heavy (non-hydrogen) atoms. The highest BCUT2D eigenvalue weighted by Crippen LogP contribution is 2.25. The van der Waals surface area contributed by atoms with E-state index in [9.17, 15) is 13.2 Å². The molecule has 0 saturated heterocycles. The third-order valence-electron chi connectivity index (χ3n) is 1.96. The van der Waals surface area contributed by atoms with Crippen LogP contribution in [0.25, 0.3) is 0 Å². The van der Waals surface area contributed by atoms with Crippen molar-refractivity contribution >= 4 is 0 Å². The Kier molecular flexibility index (Phi) is 2.84. The average molecular weight is 209 g/mol. The topological polar surface area (TPSA) is 46.3 Å². The van der Waals surface area contributed by atoms with Gasteiger partial charge in [-0.2, -0.15) is 13.2 Å². The Bertz CT molecular complexity index is 299. The summed E-state index contributed by atoms with van der Waals surface area (Å²) < 4.78 is 40.7. The molecule has 0 radical (unpaired) electrons. The molecular weight excluding hydrogens is 199 g/mol. The lowest BCUT2D eigenvalue weighted by atomic mass is 10.1. The molecule has 80 valence electrons. The molecule has 1 N–H and O–H groups in total. The molecule has 0 aliphatic rings. The van der Waals surface area contributed by atoms with Crippen molar-refractivity contribution in [2.45, 2.75) is 32.5 Å². The first-order valence-electron chi connectivity index (χ1n) is 3.99. The fraction of sp³-hybridized carbons (Fsp3) is 0.625. The highest BCUT2D eigenvalue weighted by atomic mass is 19.4. The minimum Gasteiger partial charge on any atom is -0.383 e. The van der Waals surface area contributed by atoms with E-state index < -0.39 is 18.7 Å². The number of aromatic nitrogens is 1. The van der Waals surface area contributed by atoms with Crippen LogP contribution in [-0.4, -0.2) is 22.5 Å². The number of rotatable bonds is 2. The van der Waals surface area contributed by atoms with Gasteiger partial charge in [-0.3, -0.25) is 0 Å². The second-order valence-corrected chi connectivity index (χ2v) is 3.06. The average Bonchev–Trinajstić information content (AvgIpc) is 2.34. The summed E-state index contributed by atoms with van der Waals surface area (Å²) in [5.74, 6) is 0.311. The molecule has 0 amide bonds. The third kappa shape index (κ3) is 2.25. The standard InChI is InChI=1S/C8H10F3NO2/c1-4-6(5(2)14-12-4)3-7(13)8(9,10)11/h7,13H,3H2,1-2H3. The van der Waals surface area contributed by atoms with E-state index in [-0.39, 0.29) is 0 Å². The van der Waals surface area contributed by atoms with Crippen molar-refractivity contribution in [3.63, 3.8) is 0 Å². The number of nitrogens with zero attached hydrogens (tertiary/aromatic N) is 1. The zero-order chi connectivity index (χ0) is 10.9. The summed E-state index contributed by atoms with van der Waals surface area (Å²) >= 11 is 0. The molecule has 0 saturated carbocycles. The summed E-state index contributed by atoms with van der Waals surface area (Å²) in [6.07, 6.45) is -7.47. The summed E-state index contributed by atoms with van der Waals surface area (Å²) in [7, 11) is 0. The van der Waals surface area contributed by atoms with Crippen molar-refractivity contribution in [1.29, 1.82) is 0 Å². The number of aliphatic hydroxyl groups excluding tert-OH is 1. The molecule has 6 heteroatoms. The first kappa shape index (κ1) is 11.0. The smallest absolute Gasteiger partial charge is 0.383 e. The van der Waals surface area contributed by atoms with Crippen molar-refractivity contribution in [2.75, 3.05) is 0 Å². The minimum absolute atomic E-state index is 0.311. The maximum atomic E-state index is 12.0. The van der Waals surface area contributed by atoms with Crippen LogP contribution in [0.1, 0.15) is 17.0 Å². The molecule has 1 heterocycles. The number of aryl methyl sites for hydroxylation is 2. The van der Waals surface area contributed by atoms with Gasteiger partial charge in [-0.05, 0) is 13.8 Å². The largest absolute Gasteiger partial charge is 0.414 e. The molecule has 0 fully saturated rings. The monoisotopic (exact) mass is 209 g/mol. The zero-order valence-corrected chi connectivity index (χ0v) is 7.72. The van der Waals surface area contributed by atoms with E-state index in [1.165, 1.54) is 13.8 Å². The lowest BCUT2D eigenvalue weighted by molar-refractivity contribution is -0.203. The van der Waals surface area contributed by atoms with Crippen molar-refractivity contribution < 1.29 is 22.8 Å². The Balaban J connectivity index is 2.79. The van der Waals surface area contributed by atoms with Crippen LogP contribution in [0, 0.1) is 13.8 Å². The Morgan fingerprint density at radius 1 is 1.43 bits per heavy atom. The van der Waals surface area contributed by atoms with E-state index in [0.29, 0.717) is 17.0 Å². The van der Waals surface area contributed by atoms with Crippen LogP contribution in [-0.2, 0) is 6.42 Å². The van der Waals surface area contributed by atoms with Crippen LogP contribution in [0.15, 0.2) is 4.52 Å². The van der Waals surface area contributed by atoms with Crippen molar-refractivity contribution in [1.82, 2.24) is 5.16 Å². The van der Waals surface area contributed by atoms with Gasteiger partial charge in [-0.1, -0.05) is 5.16 Å². The Morgan fingerprint density at radius 3 is 2.36 bits per heavy atom. The van der Waals surface area contributed by atoms with Crippen LogP contribution >= 0.6 is 0 Å². The van der Waals surface area contributed by atoms with E-state index in [1.54, 1.807) is 0 Å². The van der Waals surface area contributed by atoms with Crippen molar-refractivity contribution in [3.8, 4) is 0 Å². The lowest BCUT2D eigenvalue weighted by Gasteiger charge is -2.13. The predicted molar refractivity (Wildman–Crippen MR) is 41.7 cm³/mol. The summed E-state index contributed by atoms with van der Waals surface area (Å²) in [6, 6.07) is 0. The number of alkyl halides is 3. The Labute approximate surface area is 78.5 Å². The van der Waals surface area contributed by atoms with Gasteiger partial charge in [0.25, 0.3) is 0 Å². The molecule has 0 spiro atoms. The highest BCUT2D eigenvalue weighted by Gasteiger charge is 2.39. The molecule has 1 aromatic heterocycles. The third-order valence-corrected chi connectivity index (χ3v) is 1.96. The molecule has 1 atom stereocenters. The normalized spacial score (nSPS) is 14.4. The zero-order valence-electron chi connectivity index (χ0n) is 7.72. The first-order valence-corrected chi connectivity index (χ1v) is 3.99. The van der Waals surface area contributed by atoms with E-state index in [0.717, 1.165) is 0 Å². The maximum Gasteiger partial charge on any atom is 0.414 e. The summed E-state index contributed by atoms with van der Waals surface area (Å²) in [5, 5.41) is 12.3. The number of hydrogen-bond acceptors (Lipinski definition) is 3. The quantitative estimate of drug-likeness (QED) is 0.807. The molecule has 0 bridgehead atoms. The number of aliphatic hydroxyl groups is 1. The van der Waals surface area contributed by atoms with Crippen LogP contribution in [0.5, 0.6) is 0 Å². The van der Waals surface area contributed by atoms with Crippen LogP contribution < -0.4 is 0 Å². The fourth-order valence-electron chi connectivity index (χ4n) is 1.10. The number of hydrogen-bond donors (Lipinski definition) is 1. The summed E-state index contributed by atoms with van der Waals surface area (Å²) in [4.78, 5) is 0. The van der Waals surface area contributed by atoms with Gasteiger partial charge in [-0.25, -0.2) is 0 Å². The lowest BCUT2D eigenvalue weighted by Crippen LogP contribution is -2.30. The van der Waals surface area contributed by atoms with E-state index in [4.69, 9.17) is 5.11 Å². The predicted octanol–water partition coefficient (Wildman–Crippen LogP) is 1.76. The van der Waals surface area contributed by atoms with Crippen LogP contribution in [0.3, 0.4) is 0 Å². The van der Waals surface area contributed by atoms with Crippen molar-refractivity contribution in [2.24, 2.45) is 0 Å². The molecule has 0 aliphatic carbocycles. The Hall–Kier alpha value is -1.04. The summed E-state index contributed by atoms with van der Waals surface area (Å²) in [5.41, 5.74) is 0.695. The van der Waals surface area contributed by atoms with Gasteiger partial charge >= 0.3 is 6.18 Å². The van der Waals surface area contributed by atoms with E-state index >= 15 is 0 Å². The van der Waals surface area contributed by atoms with Gasteiger partial charge in [0.15, 0.2) is 6.10 Å². The maximum absolute atomic E-state index is 12.0. The van der Waals surface area contributed by atoms with Gasteiger partial charge in [0.05, 0.1) is 5.69 Å². The second kappa shape index (κ2) is 3.61. The molecule has 0 aromatic carbocycles.